The maximum absolute atomic E-state index is 13.1. The van der Waals surface area contributed by atoms with Crippen molar-refractivity contribution in [2.24, 2.45) is 5.92 Å². The summed E-state index contributed by atoms with van der Waals surface area (Å²) in [5, 5.41) is 10.0. The van der Waals surface area contributed by atoms with Crippen molar-refractivity contribution < 1.29 is 14.7 Å². The number of pyridine rings is 1. The van der Waals surface area contributed by atoms with Gasteiger partial charge < -0.3 is 14.9 Å². The van der Waals surface area contributed by atoms with Gasteiger partial charge in [0, 0.05) is 44.0 Å². The van der Waals surface area contributed by atoms with E-state index in [4.69, 9.17) is 0 Å². The average Bonchev–Trinajstić information content (AvgIpc) is 2.95. The zero-order chi connectivity index (χ0) is 17.4. The van der Waals surface area contributed by atoms with Gasteiger partial charge in [-0.1, -0.05) is 6.07 Å². The monoisotopic (exact) mass is 343 g/mol. The zero-order valence-corrected chi connectivity index (χ0v) is 14.4. The molecule has 6 heteroatoms. The summed E-state index contributed by atoms with van der Waals surface area (Å²) in [4.78, 5) is 33.4. The predicted octanol–water partition coefficient (Wildman–Crippen LogP) is 1.33. The van der Waals surface area contributed by atoms with Gasteiger partial charge in [-0.05, 0) is 43.7 Å². The first-order valence-corrected chi connectivity index (χ1v) is 9.28. The second-order valence-corrected chi connectivity index (χ2v) is 7.65. The van der Waals surface area contributed by atoms with Gasteiger partial charge in [0.15, 0.2) is 0 Å². The molecule has 2 bridgehead atoms. The van der Waals surface area contributed by atoms with Crippen LogP contribution in [-0.4, -0.2) is 56.4 Å². The number of carbonyl (C=O) groups excluding carboxylic acids is 2. The van der Waals surface area contributed by atoms with Crippen molar-refractivity contribution in [3.63, 3.8) is 0 Å². The zero-order valence-electron chi connectivity index (χ0n) is 14.4. The molecule has 4 heterocycles. The van der Waals surface area contributed by atoms with Gasteiger partial charge in [-0.3, -0.25) is 14.6 Å². The van der Waals surface area contributed by atoms with Crippen molar-refractivity contribution in [2.75, 3.05) is 6.54 Å². The molecular formula is C19H25N3O3. The molecule has 3 aliphatic heterocycles. The number of carbonyl (C=O) groups is 2. The lowest BCUT2D eigenvalue weighted by molar-refractivity contribution is -0.148. The van der Waals surface area contributed by atoms with Crippen LogP contribution in [0.3, 0.4) is 0 Å². The first kappa shape index (κ1) is 16.5. The largest absolute Gasteiger partial charge is 0.393 e. The molecule has 1 aromatic rings. The van der Waals surface area contributed by atoms with Gasteiger partial charge in [0.2, 0.25) is 11.8 Å². The van der Waals surface area contributed by atoms with Crippen LogP contribution in [0.15, 0.2) is 24.5 Å². The number of hydrogen-bond acceptors (Lipinski definition) is 4. The Kier molecular flexibility index (Phi) is 4.46. The summed E-state index contributed by atoms with van der Waals surface area (Å²) in [7, 11) is 0. The van der Waals surface area contributed by atoms with Gasteiger partial charge in [-0.25, -0.2) is 0 Å². The first-order chi connectivity index (χ1) is 12.1. The summed E-state index contributed by atoms with van der Waals surface area (Å²) in [6.07, 6.45) is 7.93. The predicted molar refractivity (Wildman–Crippen MR) is 91.3 cm³/mol. The molecule has 1 aromatic heterocycles. The van der Waals surface area contributed by atoms with Crippen LogP contribution >= 0.6 is 0 Å². The Morgan fingerprint density at radius 3 is 2.72 bits per heavy atom. The Morgan fingerprint density at radius 2 is 2.04 bits per heavy atom. The van der Waals surface area contributed by atoms with E-state index in [0.717, 1.165) is 24.8 Å². The Morgan fingerprint density at radius 1 is 1.28 bits per heavy atom. The number of aliphatic hydroxyl groups is 1. The van der Waals surface area contributed by atoms with Crippen LogP contribution in [0.25, 0.3) is 0 Å². The maximum Gasteiger partial charge on any atom is 0.228 e. The van der Waals surface area contributed by atoms with Crippen molar-refractivity contribution >= 4 is 11.8 Å². The molecule has 0 radical (unpaired) electrons. The standard InChI is InChI=1S/C19H25N3O3/c23-17-8-15-4-1-5-16(9-17)22(15)19(25)14-7-18(24)21(12-14)11-13-3-2-6-20-10-13/h2-3,6,10,14-17,23H,1,4-5,7-9,11-12H2/t14?,15-,16+,17?. The molecule has 3 fully saturated rings. The highest BCUT2D eigenvalue weighted by atomic mass is 16.3. The Labute approximate surface area is 147 Å². The minimum Gasteiger partial charge on any atom is -0.393 e. The Bertz CT molecular complexity index is 637. The van der Waals surface area contributed by atoms with Gasteiger partial charge in [0.05, 0.1) is 12.0 Å². The Hall–Kier alpha value is -1.95. The van der Waals surface area contributed by atoms with Crippen molar-refractivity contribution in [3.8, 4) is 0 Å². The van der Waals surface area contributed by atoms with Crippen LogP contribution in [0.5, 0.6) is 0 Å². The van der Waals surface area contributed by atoms with Crippen molar-refractivity contribution in [3.05, 3.63) is 30.1 Å². The number of rotatable bonds is 3. The minimum absolute atomic E-state index is 0.0457. The van der Waals surface area contributed by atoms with E-state index in [1.807, 2.05) is 17.0 Å². The van der Waals surface area contributed by atoms with Gasteiger partial charge in [0.1, 0.15) is 0 Å². The molecule has 0 saturated carbocycles. The van der Waals surface area contributed by atoms with Gasteiger partial charge >= 0.3 is 0 Å². The number of aliphatic hydroxyl groups excluding tert-OH is 1. The number of piperidine rings is 2. The van der Waals surface area contributed by atoms with Crippen LogP contribution in [0.2, 0.25) is 0 Å². The second-order valence-electron chi connectivity index (χ2n) is 7.65. The number of amides is 2. The smallest absolute Gasteiger partial charge is 0.228 e. The van der Waals surface area contributed by atoms with E-state index >= 15 is 0 Å². The molecule has 134 valence electrons. The van der Waals surface area contributed by atoms with E-state index in [0.29, 0.717) is 32.4 Å². The fourth-order valence-electron chi connectivity index (χ4n) is 4.73. The highest BCUT2D eigenvalue weighted by Gasteiger charge is 2.44. The third kappa shape index (κ3) is 3.27. The summed E-state index contributed by atoms with van der Waals surface area (Å²) >= 11 is 0. The fourth-order valence-corrected chi connectivity index (χ4v) is 4.73. The van der Waals surface area contributed by atoms with E-state index in [-0.39, 0.29) is 35.9 Å². The molecule has 4 rings (SSSR count). The lowest BCUT2D eigenvalue weighted by Crippen LogP contribution is -2.57. The topological polar surface area (TPSA) is 73.7 Å². The molecular weight excluding hydrogens is 318 g/mol. The van der Waals surface area contributed by atoms with E-state index in [1.165, 1.54) is 0 Å². The van der Waals surface area contributed by atoms with Gasteiger partial charge in [-0.15, -0.1) is 0 Å². The van der Waals surface area contributed by atoms with E-state index in [9.17, 15) is 14.7 Å². The summed E-state index contributed by atoms with van der Waals surface area (Å²) < 4.78 is 0. The molecule has 2 amide bonds. The normalized spacial score (nSPS) is 32.1. The van der Waals surface area contributed by atoms with E-state index in [1.54, 1.807) is 17.3 Å². The molecule has 2 unspecified atom stereocenters. The van der Waals surface area contributed by atoms with Crippen LogP contribution < -0.4 is 0 Å². The summed E-state index contributed by atoms with van der Waals surface area (Å²) in [6.45, 7) is 1.01. The minimum atomic E-state index is -0.286. The Balaban J connectivity index is 1.44. The maximum atomic E-state index is 13.1. The van der Waals surface area contributed by atoms with Crippen LogP contribution in [0, 0.1) is 5.92 Å². The number of hydrogen-bond donors (Lipinski definition) is 1. The quantitative estimate of drug-likeness (QED) is 0.899. The molecule has 6 nitrogen and oxygen atoms in total. The fraction of sp³-hybridized carbons (Fsp3) is 0.632. The molecule has 25 heavy (non-hydrogen) atoms. The second kappa shape index (κ2) is 6.75. The van der Waals surface area contributed by atoms with E-state index < -0.39 is 0 Å². The molecule has 1 N–H and O–H groups in total. The summed E-state index contributed by atoms with van der Waals surface area (Å²) in [6, 6.07) is 4.11. The number of fused-ring (bicyclic) bond motifs is 2. The van der Waals surface area contributed by atoms with Crippen LogP contribution in [0.1, 0.15) is 44.1 Å². The SMILES string of the molecule is O=C1CC(C(=O)N2[C@@H]3CCC[C@H]2CC(O)C3)CN1Cc1cccnc1. The number of nitrogens with zero attached hydrogens (tertiary/aromatic N) is 3. The average molecular weight is 343 g/mol. The van der Waals surface area contributed by atoms with Gasteiger partial charge in [0.25, 0.3) is 0 Å². The summed E-state index contributed by atoms with van der Waals surface area (Å²) in [5.74, 6) is -0.0874. The lowest BCUT2D eigenvalue weighted by Gasteiger charge is -2.48. The van der Waals surface area contributed by atoms with Crippen LogP contribution in [0.4, 0.5) is 0 Å². The molecule has 4 atom stereocenters. The summed E-state index contributed by atoms with van der Waals surface area (Å²) in [5.41, 5.74) is 0.988. The highest BCUT2D eigenvalue weighted by molar-refractivity contribution is 5.89. The molecule has 0 spiro atoms. The third-order valence-electron chi connectivity index (χ3n) is 5.86. The van der Waals surface area contributed by atoms with Crippen molar-refractivity contribution in [1.29, 1.82) is 0 Å². The van der Waals surface area contributed by atoms with Crippen LogP contribution in [-0.2, 0) is 16.1 Å². The first-order valence-electron chi connectivity index (χ1n) is 9.28. The molecule has 0 aliphatic carbocycles. The highest BCUT2D eigenvalue weighted by Crippen LogP contribution is 2.36. The van der Waals surface area contributed by atoms with Gasteiger partial charge in [-0.2, -0.15) is 0 Å². The number of likely N-dealkylation sites (tertiary alicyclic amines) is 1. The van der Waals surface area contributed by atoms with Crippen molar-refractivity contribution in [1.82, 2.24) is 14.8 Å². The van der Waals surface area contributed by atoms with Crippen molar-refractivity contribution in [2.45, 2.75) is 63.3 Å². The molecule has 0 aromatic carbocycles. The lowest BCUT2D eigenvalue weighted by atomic mass is 9.82. The number of aromatic nitrogens is 1. The molecule has 3 aliphatic rings. The van der Waals surface area contributed by atoms with E-state index in [2.05, 4.69) is 4.98 Å². The molecule has 3 saturated heterocycles. The third-order valence-corrected chi connectivity index (χ3v) is 5.86.